The van der Waals surface area contributed by atoms with Crippen LogP contribution >= 0.6 is 0 Å². The molecule has 4 heterocycles. The largest absolute Gasteiger partial charge is 0.401 e. The third kappa shape index (κ3) is 4.96. The van der Waals surface area contributed by atoms with Crippen LogP contribution in [0.4, 0.5) is 30.5 Å². The van der Waals surface area contributed by atoms with Crippen molar-refractivity contribution >= 4 is 23.2 Å². The van der Waals surface area contributed by atoms with Crippen LogP contribution in [0.2, 0.25) is 0 Å². The second-order valence-corrected chi connectivity index (χ2v) is 9.73. The number of pyridine rings is 2. The predicted octanol–water partition coefficient (Wildman–Crippen LogP) is 4.62. The molecule has 2 aromatic rings. The second-order valence-electron chi connectivity index (χ2n) is 9.73. The van der Waals surface area contributed by atoms with Gasteiger partial charge in [0, 0.05) is 30.7 Å². The first kappa shape index (κ1) is 23.5. The zero-order valence-electron chi connectivity index (χ0n) is 19.3. The van der Waals surface area contributed by atoms with Crippen LogP contribution in [0.25, 0.3) is 0 Å². The summed E-state index contributed by atoms with van der Waals surface area (Å²) in [6, 6.07) is 9.64. The van der Waals surface area contributed by atoms with E-state index in [1.807, 2.05) is 12.1 Å². The van der Waals surface area contributed by atoms with Gasteiger partial charge in [-0.15, -0.1) is 0 Å². The number of aromatic nitrogens is 2. The normalized spacial score (nSPS) is 23.9. The Morgan fingerprint density at radius 1 is 1.09 bits per heavy atom. The van der Waals surface area contributed by atoms with Gasteiger partial charge in [0.2, 0.25) is 5.91 Å². The molecule has 10 heteroatoms. The minimum atomic E-state index is -4.16. The van der Waals surface area contributed by atoms with Crippen LogP contribution in [0.1, 0.15) is 43.6 Å². The second kappa shape index (κ2) is 9.11. The van der Waals surface area contributed by atoms with Crippen molar-refractivity contribution < 1.29 is 18.0 Å². The number of hydrogen-bond donors (Lipinski definition) is 1. The molecule has 0 spiro atoms. The van der Waals surface area contributed by atoms with Crippen molar-refractivity contribution in [1.82, 2.24) is 14.9 Å². The molecule has 7 nitrogen and oxygen atoms in total. The van der Waals surface area contributed by atoms with E-state index in [0.29, 0.717) is 56.2 Å². The van der Waals surface area contributed by atoms with Gasteiger partial charge in [0.25, 0.3) is 0 Å². The summed E-state index contributed by atoms with van der Waals surface area (Å²) in [4.78, 5) is 25.0. The number of nitriles is 1. The summed E-state index contributed by atoms with van der Waals surface area (Å²) in [6.45, 7) is 0.503. The summed E-state index contributed by atoms with van der Waals surface area (Å²) < 4.78 is 37.8. The van der Waals surface area contributed by atoms with Crippen LogP contribution in [0.3, 0.4) is 0 Å². The van der Waals surface area contributed by atoms with Crippen molar-refractivity contribution in [2.24, 2.45) is 11.3 Å². The number of hydrogen-bond acceptors (Lipinski definition) is 6. The minimum absolute atomic E-state index is 0.122. The van der Waals surface area contributed by atoms with Crippen LogP contribution < -0.4 is 10.2 Å². The molecule has 3 fully saturated rings. The lowest BCUT2D eigenvalue weighted by molar-refractivity contribution is -0.148. The fraction of sp³-hybridized carbons (Fsp3) is 0.520. The van der Waals surface area contributed by atoms with Crippen molar-refractivity contribution in [3.63, 3.8) is 0 Å². The summed E-state index contributed by atoms with van der Waals surface area (Å²) in [5.41, 5.74) is 0.823. The van der Waals surface area contributed by atoms with Crippen LogP contribution in [-0.2, 0) is 4.79 Å². The van der Waals surface area contributed by atoms with Gasteiger partial charge >= 0.3 is 6.18 Å². The number of nitrogens with zero attached hydrogens (tertiary/aromatic N) is 5. The van der Waals surface area contributed by atoms with Gasteiger partial charge in [0.15, 0.2) is 0 Å². The maximum absolute atomic E-state index is 13.1. The molecule has 1 aliphatic carbocycles. The Labute approximate surface area is 202 Å². The van der Waals surface area contributed by atoms with Crippen LogP contribution in [0.15, 0.2) is 36.7 Å². The minimum Gasteiger partial charge on any atom is -0.325 e. The van der Waals surface area contributed by atoms with Gasteiger partial charge in [0.1, 0.15) is 17.1 Å². The van der Waals surface area contributed by atoms with E-state index in [2.05, 4.69) is 21.4 Å². The van der Waals surface area contributed by atoms with Gasteiger partial charge in [-0.05, 0) is 74.7 Å². The van der Waals surface area contributed by atoms with Gasteiger partial charge < -0.3 is 10.2 Å². The molecule has 2 aromatic heterocycles. The van der Waals surface area contributed by atoms with E-state index >= 15 is 0 Å². The molecule has 2 saturated heterocycles. The first-order valence-electron chi connectivity index (χ1n) is 12.0. The summed E-state index contributed by atoms with van der Waals surface area (Å²) in [5, 5.41) is 12.9. The first-order valence-corrected chi connectivity index (χ1v) is 12.0. The zero-order chi connectivity index (χ0) is 24.6. The Bertz CT molecular complexity index is 1120. The molecule has 1 N–H and O–H groups in total. The van der Waals surface area contributed by atoms with Crippen molar-refractivity contribution in [1.29, 1.82) is 5.26 Å². The molecule has 3 aliphatic rings. The Morgan fingerprint density at radius 2 is 1.86 bits per heavy atom. The van der Waals surface area contributed by atoms with E-state index in [1.165, 1.54) is 4.90 Å². The first-order chi connectivity index (χ1) is 16.8. The predicted molar refractivity (Wildman–Crippen MR) is 124 cm³/mol. The average Bonchev–Trinajstić information content (AvgIpc) is 3.63. The highest BCUT2D eigenvalue weighted by molar-refractivity contribution is 6.02. The van der Waals surface area contributed by atoms with Gasteiger partial charge in [-0.2, -0.15) is 18.4 Å². The maximum Gasteiger partial charge on any atom is 0.401 e. The molecule has 0 radical (unpaired) electrons. The van der Waals surface area contributed by atoms with Crippen LogP contribution in [-0.4, -0.2) is 53.1 Å². The molecule has 5 rings (SSSR count). The highest BCUT2D eigenvalue weighted by Crippen LogP contribution is 2.52. The van der Waals surface area contributed by atoms with E-state index in [-0.39, 0.29) is 17.7 Å². The van der Waals surface area contributed by atoms with Crippen molar-refractivity contribution in [3.8, 4) is 6.07 Å². The summed E-state index contributed by atoms with van der Waals surface area (Å²) in [5.74, 6) is 1.37. The number of rotatable bonds is 6. The lowest BCUT2D eigenvalue weighted by atomic mass is 9.83. The van der Waals surface area contributed by atoms with Crippen molar-refractivity contribution in [2.75, 3.05) is 36.4 Å². The van der Waals surface area contributed by atoms with Gasteiger partial charge in [-0.1, -0.05) is 6.07 Å². The Hall–Kier alpha value is -3.19. The van der Waals surface area contributed by atoms with Gasteiger partial charge in [0.05, 0.1) is 12.6 Å². The highest BCUT2D eigenvalue weighted by atomic mass is 19.4. The van der Waals surface area contributed by atoms with Crippen molar-refractivity contribution in [3.05, 3.63) is 42.2 Å². The van der Waals surface area contributed by atoms with Gasteiger partial charge in [-0.25, -0.2) is 9.97 Å². The van der Waals surface area contributed by atoms with E-state index in [1.54, 1.807) is 29.4 Å². The lowest BCUT2D eigenvalue weighted by Gasteiger charge is -2.32. The molecular formula is C25H27F3N6O. The maximum atomic E-state index is 13.1. The zero-order valence-corrected chi connectivity index (χ0v) is 19.3. The van der Waals surface area contributed by atoms with Gasteiger partial charge in [-0.3, -0.25) is 9.69 Å². The number of anilines is 3. The quantitative estimate of drug-likeness (QED) is 0.644. The molecule has 1 saturated carbocycles. The van der Waals surface area contributed by atoms with Crippen molar-refractivity contribution in [2.45, 2.75) is 44.2 Å². The van der Waals surface area contributed by atoms with Crippen LogP contribution in [0.5, 0.6) is 0 Å². The third-order valence-corrected chi connectivity index (χ3v) is 7.39. The van der Waals surface area contributed by atoms with Crippen LogP contribution in [0, 0.1) is 22.7 Å². The number of nitrogens with one attached hydrogen (secondary N) is 1. The molecule has 1 atom stereocenters. The molecule has 0 aromatic carbocycles. The van der Waals surface area contributed by atoms with E-state index in [0.717, 1.165) is 18.4 Å². The summed E-state index contributed by atoms with van der Waals surface area (Å²) >= 11 is 0. The summed E-state index contributed by atoms with van der Waals surface area (Å²) in [6.07, 6.45) is 2.98. The average molecular weight is 485 g/mol. The number of alkyl halides is 3. The third-order valence-electron chi connectivity index (χ3n) is 7.39. The smallest absolute Gasteiger partial charge is 0.325 e. The molecule has 0 unspecified atom stereocenters. The number of amides is 1. The molecule has 2 aliphatic heterocycles. The number of carbonyl (C=O) groups excluding carboxylic acids is 1. The number of carbonyl (C=O) groups is 1. The lowest BCUT2D eigenvalue weighted by Crippen LogP contribution is -2.39. The Balaban J connectivity index is 1.21. The Kier molecular flexibility index (Phi) is 6.13. The monoisotopic (exact) mass is 484 g/mol. The SMILES string of the molecule is N#C[C@@]1(C2CC2)CCN(c2ccnc(Nc3ccc(C4CCN(CC(F)(F)F)CC4)cn3)c2)C1=O. The molecule has 35 heavy (non-hydrogen) atoms. The number of halogens is 3. The fourth-order valence-corrected chi connectivity index (χ4v) is 5.32. The van der Waals surface area contributed by atoms with E-state index in [4.69, 9.17) is 0 Å². The molecular weight excluding hydrogens is 457 g/mol. The number of piperidine rings is 1. The highest BCUT2D eigenvalue weighted by Gasteiger charge is 2.56. The fourth-order valence-electron chi connectivity index (χ4n) is 5.32. The topological polar surface area (TPSA) is 85.2 Å². The van der Waals surface area contributed by atoms with E-state index in [9.17, 15) is 23.2 Å². The molecule has 184 valence electrons. The van der Waals surface area contributed by atoms with E-state index < -0.39 is 18.1 Å². The summed E-state index contributed by atoms with van der Waals surface area (Å²) in [7, 11) is 0. The molecule has 0 bridgehead atoms. The number of likely N-dealkylation sites (tertiary alicyclic amines) is 1. The standard InChI is InChI=1S/C25H27F3N6O/c26-25(27,28)16-33-10-6-17(7-11-33)18-1-4-21(31-14-18)32-22-13-20(5-9-30-22)34-12-8-24(15-29,23(34)35)19-2-3-19/h1,4-5,9,13-14,17,19H,2-3,6-8,10-12,16H2,(H,30,31,32)/t24-/m1/s1. The Morgan fingerprint density at radius 3 is 2.49 bits per heavy atom. The molecule has 1 amide bonds.